The van der Waals surface area contributed by atoms with Crippen molar-refractivity contribution < 1.29 is 17.9 Å². The van der Waals surface area contributed by atoms with Crippen molar-refractivity contribution >= 4 is 22.6 Å². The van der Waals surface area contributed by atoms with Crippen LogP contribution in [0.5, 0.6) is 5.75 Å². The van der Waals surface area contributed by atoms with Gasteiger partial charge in [0.2, 0.25) is 0 Å². The summed E-state index contributed by atoms with van der Waals surface area (Å²) in [5.41, 5.74) is -0.162. The van der Waals surface area contributed by atoms with E-state index in [9.17, 15) is 13.2 Å². The van der Waals surface area contributed by atoms with Gasteiger partial charge in [0.25, 0.3) is 0 Å². The van der Waals surface area contributed by atoms with Crippen molar-refractivity contribution in [3.63, 3.8) is 0 Å². The van der Waals surface area contributed by atoms with Crippen LogP contribution in [0.25, 0.3) is 0 Å². The van der Waals surface area contributed by atoms with Crippen molar-refractivity contribution in [1.82, 2.24) is 0 Å². The first kappa shape index (κ1) is 14.2. The summed E-state index contributed by atoms with van der Waals surface area (Å²) in [5, 5.41) is 0. The van der Waals surface area contributed by atoms with Crippen molar-refractivity contribution in [2.45, 2.75) is 12.8 Å². The summed E-state index contributed by atoms with van der Waals surface area (Å²) in [6, 6.07) is 12.5. The molecule has 0 saturated carbocycles. The predicted molar refractivity (Wildman–Crippen MR) is 74.9 cm³/mol. The summed E-state index contributed by atoms with van der Waals surface area (Å²) in [5.74, 6) is 0.637. The summed E-state index contributed by atoms with van der Waals surface area (Å²) in [7, 11) is 0. The van der Waals surface area contributed by atoms with Crippen LogP contribution < -0.4 is 4.74 Å². The SMILES string of the molecule is FC(F)(F)c1cccc(COc2ccc(I)cc2)c1. The second-order valence-electron chi connectivity index (χ2n) is 3.94. The highest BCUT2D eigenvalue weighted by Crippen LogP contribution is 2.29. The molecule has 0 aliphatic heterocycles. The highest BCUT2D eigenvalue weighted by molar-refractivity contribution is 14.1. The molecule has 0 bridgehead atoms. The molecule has 0 N–H and O–H groups in total. The number of rotatable bonds is 3. The number of benzene rings is 2. The molecule has 2 aromatic rings. The van der Waals surface area contributed by atoms with Crippen LogP contribution in [-0.2, 0) is 12.8 Å². The Morgan fingerprint density at radius 2 is 1.68 bits per heavy atom. The topological polar surface area (TPSA) is 9.23 Å². The first-order chi connectivity index (χ1) is 8.95. The molecule has 0 aliphatic carbocycles. The third kappa shape index (κ3) is 4.12. The predicted octanol–water partition coefficient (Wildman–Crippen LogP) is 4.89. The lowest BCUT2D eigenvalue weighted by Gasteiger charge is -2.10. The van der Waals surface area contributed by atoms with Gasteiger partial charge in [-0.25, -0.2) is 0 Å². The average Bonchev–Trinajstić information content (AvgIpc) is 2.37. The number of halogens is 4. The Morgan fingerprint density at radius 1 is 1.00 bits per heavy atom. The largest absolute Gasteiger partial charge is 0.489 e. The molecule has 2 rings (SSSR count). The van der Waals surface area contributed by atoms with Crippen LogP contribution in [0.15, 0.2) is 48.5 Å². The van der Waals surface area contributed by atoms with Crippen molar-refractivity contribution in [1.29, 1.82) is 0 Å². The molecule has 0 fully saturated rings. The van der Waals surface area contributed by atoms with Crippen molar-refractivity contribution in [3.05, 3.63) is 63.2 Å². The molecule has 0 saturated heterocycles. The van der Waals surface area contributed by atoms with Gasteiger partial charge in [0.05, 0.1) is 5.56 Å². The summed E-state index contributed by atoms with van der Waals surface area (Å²) >= 11 is 2.17. The van der Waals surface area contributed by atoms with Crippen LogP contribution in [0.2, 0.25) is 0 Å². The van der Waals surface area contributed by atoms with Crippen LogP contribution >= 0.6 is 22.6 Å². The van der Waals surface area contributed by atoms with Gasteiger partial charge in [-0.2, -0.15) is 13.2 Å². The minimum atomic E-state index is -4.32. The highest BCUT2D eigenvalue weighted by Gasteiger charge is 2.30. The Kier molecular flexibility index (Phi) is 4.34. The first-order valence-electron chi connectivity index (χ1n) is 5.50. The van der Waals surface area contributed by atoms with E-state index in [0.717, 1.165) is 15.7 Å². The normalized spacial score (nSPS) is 11.4. The Morgan fingerprint density at radius 3 is 2.32 bits per heavy atom. The number of ether oxygens (including phenoxy) is 1. The quantitative estimate of drug-likeness (QED) is 0.692. The molecule has 0 radical (unpaired) electrons. The summed E-state index contributed by atoms with van der Waals surface area (Å²) in [6.07, 6.45) is -4.32. The maximum Gasteiger partial charge on any atom is 0.416 e. The highest BCUT2D eigenvalue weighted by atomic mass is 127. The van der Waals surface area contributed by atoms with Crippen LogP contribution in [0, 0.1) is 3.57 Å². The maximum absolute atomic E-state index is 12.5. The summed E-state index contributed by atoms with van der Waals surface area (Å²) in [6.45, 7) is 0.116. The molecular weight excluding hydrogens is 368 g/mol. The Labute approximate surface area is 122 Å². The van der Waals surface area contributed by atoms with Crippen molar-refractivity contribution in [3.8, 4) is 5.75 Å². The molecule has 1 nitrogen and oxygen atoms in total. The van der Waals surface area contributed by atoms with Gasteiger partial charge in [-0.05, 0) is 64.6 Å². The van der Waals surface area contributed by atoms with E-state index in [1.165, 1.54) is 6.07 Å². The van der Waals surface area contributed by atoms with Crippen LogP contribution in [-0.4, -0.2) is 0 Å². The zero-order valence-electron chi connectivity index (χ0n) is 9.75. The third-order valence-corrected chi connectivity index (χ3v) is 3.19. The second kappa shape index (κ2) is 5.81. The molecule has 0 amide bonds. The smallest absolute Gasteiger partial charge is 0.416 e. The molecule has 19 heavy (non-hydrogen) atoms. The van der Waals surface area contributed by atoms with Gasteiger partial charge in [0.15, 0.2) is 0 Å². The molecule has 0 atom stereocenters. The van der Waals surface area contributed by atoms with E-state index in [-0.39, 0.29) is 6.61 Å². The van der Waals surface area contributed by atoms with Crippen LogP contribution in [0.3, 0.4) is 0 Å². The Balaban J connectivity index is 2.05. The zero-order chi connectivity index (χ0) is 13.9. The molecular formula is C14H10F3IO. The van der Waals surface area contributed by atoms with Gasteiger partial charge >= 0.3 is 6.18 Å². The standard InChI is InChI=1S/C14H10F3IO/c15-14(16,17)11-3-1-2-10(8-11)9-19-13-6-4-12(18)5-7-13/h1-8H,9H2. The van der Waals surface area contributed by atoms with Crippen molar-refractivity contribution in [2.75, 3.05) is 0 Å². The summed E-state index contributed by atoms with van der Waals surface area (Å²) < 4.78 is 44.1. The lowest BCUT2D eigenvalue weighted by molar-refractivity contribution is -0.137. The van der Waals surface area contributed by atoms with Gasteiger partial charge < -0.3 is 4.74 Å². The van der Waals surface area contributed by atoms with E-state index < -0.39 is 11.7 Å². The number of hydrogen-bond acceptors (Lipinski definition) is 1. The molecule has 100 valence electrons. The minimum Gasteiger partial charge on any atom is -0.489 e. The van der Waals surface area contributed by atoms with Gasteiger partial charge in [-0.1, -0.05) is 12.1 Å². The van der Waals surface area contributed by atoms with E-state index in [1.807, 2.05) is 12.1 Å². The van der Waals surface area contributed by atoms with Gasteiger partial charge in [-0.15, -0.1) is 0 Å². The Bertz CT molecular complexity index is 549. The molecule has 0 aromatic heterocycles. The minimum absolute atomic E-state index is 0.116. The molecule has 0 unspecified atom stereocenters. The fourth-order valence-electron chi connectivity index (χ4n) is 1.53. The lowest BCUT2D eigenvalue weighted by Crippen LogP contribution is -2.06. The zero-order valence-corrected chi connectivity index (χ0v) is 11.9. The monoisotopic (exact) mass is 378 g/mol. The van der Waals surface area contributed by atoms with E-state index in [4.69, 9.17) is 4.74 Å². The summed E-state index contributed by atoms with van der Waals surface area (Å²) in [4.78, 5) is 0. The van der Waals surface area contributed by atoms with Crippen LogP contribution in [0.4, 0.5) is 13.2 Å². The number of alkyl halides is 3. The average molecular weight is 378 g/mol. The van der Waals surface area contributed by atoms with Gasteiger partial charge in [0, 0.05) is 3.57 Å². The molecule has 0 heterocycles. The molecule has 5 heteroatoms. The van der Waals surface area contributed by atoms with E-state index in [0.29, 0.717) is 11.3 Å². The second-order valence-corrected chi connectivity index (χ2v) is 5.19. The molecule has 2 aromatic carbocycles. The van der Waals surface area contributed by atoms with Gasteiger partial charge in [-0.3, -0.25) is 0 Å². The Hall–Kier alpha value is -1.24. The lowest BCUT2D eigenvalue weighted by atomic mass is 10.1. The van der Waals surface area contributed by atoms with E-state index >= 15 is 0 Å². The van der Waals surface area contributed by atoms with E-state index in [2.05, 4.69) is 22.6 Å². The van der Waals surface area contributed by atoms with Crippen molar-refractivity contribution in [2.24, 2.45) is 0 Å². The molecule has 0 spiro atoms. The third-order valence-electron chi connectivity index (χ3n) is 2.47. The fraction of sp³-hybridized carbons (Fsp3) is 0.143. The molecule has 0 aliphatic rings. The van der Waals surface area contributed by atoms with Crippen LogP contribution in [0.1, 0.15) is 11.1 Å². The first-order valence-corrected chi connectivity index (χ1v) is 6.57. The van der Waals surface area contributed by atoms with Gasteiger partial charge in [0.1, 0.15) is 12.4 Å². The van der Waals surface area contributed by atoms with E-state index in [1.54, 1.807) is 18.2 Å². The maximum atomic E-state index is 12.5. The number of hydrogen-bond donors (Lipinski definition) is 0. The fourth-order valence-corrected chi connectivity index (χ4v) is 1.89.